The number of hydrogen-bond acceptors (Lipinski definition) is 3. The summed E-state index contributed by atoms with van der Waals surface area (Å²) in [7, 11) is 0. The molecule has 1 aliphatic rings. The SMILES string of the molecule is CCN(CC)C1(C(N)CCc2cccs2)CCCC1. The first-order chi connectivity index (χ1) is 9.23. The standard InChI is InChI=1S/C16H28N2S/c1-3-18(4-2)16(11-5-6-12-16)15(17)10-9-14-8-7-13-19-14/h7-8,13,15H,3-6,9-12,17H2,1-2H3. The summed E-state index contributed by atoms with van der Waals surface area (Å²) in [5, 5.41) is 2.16. The monoisotopic (exact) mass is 280 g/mol. The topological polar surface area (TPSA) is 29.3 Å². The summed E-state index contributed by atoms with van der Waals surface area (Å²) in [5.74, 6) is 0. The Morgan fingerprint density at radius 1 is 1.32 bits per heavy atom. The van der Waals surface area contributed by atoms with Gasteiger partial charge in [0, 0.05) is 16.5 Å². The maximum Gasteiger partial charge on any atom is 0.0360 e. The molecule has 1 saturated carbocycles. The molecule has 1 aromatic heterocycles. The molecule has 108 valence electrons. The van der Waals surface area contributed by atoms with Crippen LogP contribution < -0.4 is 5.73 Å². The van der Waals surface area contributed by atoms with Crippen molar-refractivity contribution >= 4 is 11.3 Å². The highest BCUT2D eigenvalue weighted by molar-refractivity contribution is 7.09. The lowest BCUT2D eigenvalue weighted by atomic mass is 9.83. The van der Waals surface area contributed by atoms with Crippen LogP contribution in [0.25, 0.3) is 0 Å². The van der Waals surface area contributed by atoms with Crippen LogP contribution in [0.15, 0.2) is 17.5 Å². The van der Waals surface area contributed by atoms with Crippen LogP contribution in [-0.2, 0) is 6.42 Å². The zero-order chi connectivity index (χ0) is 13.7. The number of rotatable bonds is 7. The second kappa shape index (κ2) is 6.87. The van der Waals surface area contributed by atoms with Crippen LogP contribution in [0.1, 0.15) is 50.8 Å². The zero-order valence-corrected chi connectivity index (χ0v) is 13.2. The van der Waals surface area contributed by atoms with E-state index in [4.69, 9.17) is 5.73 Å². The first kappa shape index (κ1) is 15.0. The Morgan fingerprint density at radius 3 is 2.53 bits per heavy atom. The average molecular weight is 280 g/mol. The van der Waals surface area contributed by atoms with Crippen LogP contribution in [0, 0.1) is 0 Å². The summed E-state index contributed by atoms with van der Waals surface area (Å²) in [6.07, 6.45) is 7.55. The van der Waals surface area contributed by atoms with Gasteiger partial charge in [-0.25, -0.2) is 0 Å². The first-order valence-electron chi connectivity index (χ1n) is 7.76. The van der Waals surface area contributed by atoms with E-state index in [9.17, 15) is 0 Å². The summed E-state index contributed by atoms with van der Waals surface area (Å²) in [4.78, 5) is 4.10. The molecular weight excluding hydrogens is 252 g/mol. The van der Waals surface area contributed by atoms with Gasteiger partial charge in [-0.3, -0.25) is 4.90 Å². The van der Waals surface area contributed by atoms with E-state index < -0.39 is 0 Å². The molecule has 1 unspecified atom stereocenters. The summed E-state index contributed by atoms with van der Waals surface area (Å²) in [6.45, 7) is 6.80. The Hall–Kier alpha value is -0.380. The third-order valence-electron chi connectivity index (χ3n) is 4.83. The van der Waals surface area contributed by atoms with Crippen molar-refractivity contribution in [2.45, 2.75) is 64.0 Å². The molecule has 0 amide bonds. The van der Waals surface area contributed by atoms with Gasteiger partial charge < -0.3 is 5.73 Å². The summed E-state index contributed by atoms with van der Waals surface area (Å²) in [5.41, 5.74) is 6.92. The van der Waals surface area contributed by atoms with Gasteiger partial charge in [-0.15, -0.1) is 11.3 Å². The fourth-order valence-corrected chi connectivity index (χ4v) is 4.51. The van der Waals surface area contributed by atoms with Crippen molar-refractivity contribution in [1.82, 2.24) is 4.90 Å². The molecular formula is C16H28N2S. The third kappa shape index (κ3) is 3.21. The quantitative estimate of drug-likeness (QED) is 0.826. The lowest BCUT2D eigenvalue weighted by Crippen LogP contribution is -2.58. The molecule has 0 spiro atoms. The fourth-order valence-electron chi connectivity index (χ4n) is 3.78. The molecule has 0 aromatic carbocycles. The van der Waals surface area contributed by atoms with Crippen molar-refractivity contribution in [1.29, 1.82) is 0 Å². The third-order valence-corrected chi connectivity index (χ3v) is 5.77. The van der Waals surface area contributed by atoms with E-state index in [1.807, 2.05) is 11.3 Å². The lowest BCUT2D eigenvalue weighted by molar-refractivity contribution is 0.0743. The second-order valence-electron chi connectivity index (χ2n) is 5.71. The largest absolute Gasteiger partial charge is 0.326 e. The van der Waals surface area contributed by atoms with Crippen molar-refractivity contribution < 1.29 is 0 Å². The van der Waals surface area contributed by atoms with E-state index in [1.165, 1.54) is 30.6 Å². The molecule has 0 aliphatic heterocycles. The number of likely N-dealkylation sites (N-methyl/N-ethyl adjacent to an activating group) is 1. The Kier molecular flexibility index (Phi) is 5.43. The van der Waals surface area contributed by atoms with Crippen LogP contribution in [-0.4, -0.2) is 29.6 Å². The van der Waals surface area contributed by atoms with E-state index in [0.29, 0.717) is 6.04 Å². The van der Waals surface area contributed by atoms with Crippen LogP contribution in [0.4, 0.5) is 0 Å². The number of hydrogen-bond donors (Lipinski definition) is 1. The smallest absolute Gasteiger partial charge is 0.0360 e. The number of nitrogens with zero attached hydrogens (tertiary/aromatic N) is 1. The number of aryl methyl sites for hydroxylation is 1. The van der Waals surface area contributed by atoms with E-state index in [0.717, 1.165) is 25.9 Å². The van der Waals surface area contributed by atoms with Crippen molar-refractivity contribution in [3.63, 3.8) is 0 Å². The lowest BCUT2D eigenvalue weighted by Gasteiger charge is -2.45. The van der Waals surface area contributed by atoms with E-state index in [-0.39, 0.29) is 5.54 Å². The molecule has 3 heteroatoms. The van der Waals surface area contributed by atoms with Gasteiger partial charge in [0.2, 0.25) is 0 Å². The maximum absolute atomic E-state index is 6.65. The average Bonchev–Trinajstić information content (AvgIpc) is 3.09. The Morgan fingerprint density at radius 2 is 2.00 bits per heavy atom. The van der Waals surface area contributed by atoms with E-state index in [2.05, 4.69) is 36.3 Å². The molecule has 0 saturated heterocycles. The molecule has 1 heterocycles. The maximum atomic E-state index is 6.65. The van der Waals surface area contributed by atoms with Crippen molar-refractivity contribution in [3.05, 3.63) is 22.4 Å². The van der Waals surface area contributed by atoms with Gasteiger partial charge in [0.1, 0.15) is 0 Å². The van der Waals surface area contributed by atoms with Crippen LogP contribution in [0.5, 0.6) is 0 Å². The van der Waals surface area contributed by atoms with Gasteiger partial charge in [-0.2, -0.15) is 0 Å². The zero-order valence-electron chi connectivity index (χ0n) is 12.4. The van der Waals surface area contributed by atoms with Gasteiger partial charge >= 0.3 is 0 Å². The Labute approximate surface area is 122 Å². The minimum absolute atomic E-state index is 0.279. The molecule has 0 radical (unpaired) electrons. The van der Waals surface area contributed by atoms with Gasteiger partial charge in [-0.05, 0) is 50.2 Å². The predicted molar refractivity (Wildman–Crippen MR) is 84.7 cm³/mol. The fraction of sp³-hybridized carbons (Fsp3) is 0.750. The molecule has 1 fully saturated rings. The molecule has 1 aliphatic carbocycles. The molecule has 1 aromatic rings. The minimum atomic E-state index is 0.279. The van der Waals surface area contributed by atoms with Crippen molar-refractivity contribution in [2.75, 3.05) is 13.1 Å². The van der Waals surface area contributed by atoms with Crippen molar-refractivity contribution in [3.8, 4) is 0 Å². The molecule has 19 heavy (non-hydrogen) atoms. The first-order valence-corrected chi connectivity index (χ1v) is 8.64. The summed E-state index contributed by atoms with van der Waals surface area (Å²) >= 11 is 1.86. The van der Waals surface area contributed by atoms with Crippen LogP contribution >= 0.6 is 11.3 Å². The highest BCUT2D eigenvalue weighted by atomic mass is 32.1. The van der Waals surface area contributed by atoms with Gasteiger partial charge in [0.25, 0.3) is 0 Å². The van der Waals surface area contributed by atoms with Crippen LogP contribution in [0.2, 0.25) is 0 Å². The Bertz CT molecular complexity index is 351. The van der Waals surface area contributed by atoms with Gasteiger partial charge in [0.15, 0.2) is 0 Å². The second-order valence-corrected chi connectivity index (χ2v) is 6.74. The highest BCUT2D eigenvalue weighted by Crippen LogP contribution is 2.38. The number of thiophene rings is 1. The Balaban J connectivity index is 2.01. The van der Waals surface area contributed by atoms with Crippen molar-refractivity contribution in [2.24, 2.45) is 5.73 Å². The molecule has 1 atom stereocenters. The summed E-state index contributed by atoms with van der Waals surface area (Å²) in [6, 6.07) is 4.69. The van der Waals surface area contributed by atoms with Gasteiger partial charge in [-0.1, -0.05) is 32.8 Å². The molecule has 0 bridgehead atoms. The predicted octanol–water partition coefficient (Wildman–Crippen LogP) is 3.66. The molecule has 2 N–H and O–H groups in total. The minimum Gasteiger partial charge on any atom is -0.326 e. The molecule has 2 rings (SSSR count). The molecule has 2 nitrogen and oxygen atoms in total. The summed E-state index contributed by atoms with van der Waals surface area (Å²) < 4.78 is 0. The highest BCUT2D eigenvalue weighted by Gasteiger charge is 2.42. The van der Waals surface area contributed by atoms with E-state index >= 15 is 0 Å². The normalized spacial score (nSPS) is 20.0. The van der Waals surface area contributed by atoms with Gasteiger partial charge in [0.05, 0.1) is 0 Å². The number of nitrogens with two attached hydrogens (primary N) is 1. The van der Waals surface area contributed by atoms with Crippen LogP contribution in [0.3, 0.4) is 0 Å². The van der Waals surface area contributed by atoms with E-state index in [1.54, 1.807) is 0 Å².